The molecule has 3 heterocycles. The first-order chi connectivity index (χ1) is 12.2. The van der Waals surface area contributed by atoms with Gasteiger partial charge >= 0.3 is 6.03 Å². The lowest BCUT2D eigenvalue weighted by Gasteiger charge is -2.22. The standard InChI is InChI=1S/C19H23N3O3/c23-17-16(22-18(24)15-9-5-12-21(15)19(22)25)10-13-20(17)11-4-8-14-6-2-1-3-7-14/h1-3,6-7,15-16H,4-5,8-13H2/t15-,16?/m0/s1. The molecule has 25 heavy (non-hydrogen) atoms. The van der Waals surface area contributed by atoms with E-state index < -0.39 is 6.04 Å². The summed E-state index contributed by atoms with van der Waals surface area (Å²) in [6, 6.07) is 9.01. The van der Waals surface area contributed by atoms with E-state index >= 15 is 0 Å². The number of aryl methyl sites for hydroxylation is 1. The topological polar surface area (TPSA) is 60.9 Å². The molecule has 1 unspecified atom stereocenters. The third-order valence-electron chi connectivity index (χ3n) is 5.54. The molecule has 3 saturated heterocycles. The SMILES string of the molecule is O=C1C(N2C(=O)[C@@H]3CCCN3C2=O)CCN1CCCc1ccccc1. The minimum absolute atomic E-state index is 0.0732. The predicted octanol–water partition coefficient (Wildman–Crippen LogP) is 1.65. The van der Waals surface area contributed by atoms with Crippen LogP contribution in [0.3, 0.4) is 0 Å². The Labute approximate surface area is 147 Å². The highest BCUT2D eigenvalue weighted by molar-refractivity contribution is 6.08. The summed E-state index contributed by atoms with van der Waals surface area (Å²) in [5, 5.41) is 0. The molecule has 2 atom stereocenters. The van der Waals surface area contributed by atoms with E-state index in [1.807, 2.05) is 18.2 Å². The van der Waals surface area contributed by atoms with Crippen molar-refractivity contribution in [2.24, 2.45) is 0 Å². The van der Waals surface area contributed by atoms with Gasteiger partial charge in [-0.05, 0) is 37.7 Å². The van der Waals surface area contributed by atoms with Crippen LogP contribution in [0.5, 0.6) is 0 Å². The van der Waals surface area contributed by atoms with Crippen LogP contribution in [0.2, 0.25) is 0 Å². The molecule has 132 valence electrons. The number of rotatable bonds is 5. The molecule has 0 bridgehead atoms. The summed E-state index contributed by atoms with van der Waals surface area (Å²) in [6.45, 7) is 1.93. The van der Waals surface area contributed by atoms with Crippen molar-refractivity contribution < 1.29 is 14.4 Å². The van der Waals surface area contributed by atoms with Crippen LogP contribution >= 0.6 is 0 Å². The summed E-state index contributed by atoms with van der Waals surface area (Å²) in [5.74, 6) is -0.247. The summed E-state index contributed by atoms with van der Waals surface area (Å²) in [4.78, 5) is 42.4. The van der Waals surface area contributed by atoms with Gasteiger partial charge in [-0.25, -0.2) is 9.69 Å². The molecule has 0 aliphatic carbocycles. The quantitative estimate of drug-likeness (QED) is 0.765. The largest absolute Gasteiger partial charge is 0.341 e. The minimum Gasteiger partial charge on any atom is -0.341 e. The minimum atomic E-state index is -0.595. The number of likely N-dealkylation sites (tertiary alicyclic amines) is 1. The smallest absolute Gasteiger partial charge is 0.328 e. The number of fused-ring (bicyclic) bond motifs is 1. The van der Waals surface area contributed by atoms with Gasteiger partial charge in [0.05, 0.1) is 0 Å². The fourth-order valence-corrected chi connectivity index (χ4v) is 4.24. The van der Waals surface area contributed by atoms with Gasteiger partial charge in [0.15, 0.2) is 0 Å². The number of carbonyl (C=O) groups is 3. The Kier molecular flexibility index (Phi) is 4.19. The van der Waals surface area contributed by atoms with Gasteiger partial charge in [-0.3, -0.25) is 9.59 Å². The number of urea groups is 1. The average molecular weight is 341 g/mol. The van der Waals surface area contributed by atoms with E-state index in [0.717, 1.165) is 25.7 Å². The molecular weight excluding hydrogens is 318 g/mol. The number of imide groups is 1. The van der Waals surface area contributed by atoms with Gasteiger partial charge in [0.1, 0.15) is 12.1 Å². The highest BCUT2D eigenvalue weighted by Gasteiger charge is 2.53. The van der Waals surface area contributed by atoms with Gasteiger partial charge in [0.2, 0.25) is 5.91 Å². The van der Waals surface area contributed by atoms with Crippen molar-refractivity contribution in [1.29, 1.82) is 0 Å². The van der Waals surface area contributed by atoms with E-state index in [-0.39, 0.29) is 23.9 Å². The Morgan fingerprint density at radius 1 is 0.920 bits per heavy atom. The lowest BCUT2D eigenvalue weighted by atomic mass is 10.1. The fourth-order valence-electron chi connectivity index (χ4n) is 4.24. The predicted molar refractivity (Wildman–Crippen MR) is 91.7 cm³/mol. The van der Waals surface area contributed by atoms with Gasteiger partial charge in [-0.2, -0.15) is 0 Å². The summed E-state index contributed by atoms with van der Waals surface area (Å²) in [6.07, 6.45) is 3.97. The molecule has 0 saturated carbocycles. The average Bonchev–Trinajstić information content (AvgIpc) is 3.29. The van der Waals surface area contributed by atoms with Crippen molar-refractivity contribution in [3.8, 4) is 0 Å². The van der Waals surface area contributed by atoms with E-state index in [1.165, 1.54) is 10.5 Å². The molecule has 0 radical (unpaired) electrons. The maximum atomic E-state index is 12.7. The lowest BCUT2D eigenvalue weighted by molar-refractivity contribution is -0.138. The molecule has 0 spiro atoms. The number of hydrogen-bond donors (Lipinski definition) is 0. The van der Waals surface area contributed by atoms with Crippen LogP contribution in [-0.2, 0) is 16.0 Å². The van der Waals surface area contributed by atoms with E-state index in [4.69, 9.17) is 0 Å². The first-order valence-electron chi connectivity index (χ1n) is 9.13. The summed E-state index contributed by atoms with van der Waals surface area (Å²) in [5.41, 5.74) is 1.26. The molecule has 6 nitrogen and oxygen atoms in total. The van der Waals surface area contributed by atoms with Crippen LogP contribution in [0.15, 0.2) is 30.3 Å². The maximum absolute atomic E-state index is 12.7. The Morgan fingerprint density at radius 3 is 2.48 bits per heavy atom. The molecule has 3 aliphatic heterocycles. The van der Waals surface area contributed by atoms with Crippen molar-refractivity contribution in [3.63, 3.8) is 0 Å². The molecule has 3 aliphatic rings. The normalized spacial score (nSPS) is 26.1. The van der Waals surface area contributed by atoms with Gasteiger partial charge < -0.3 is 9.80 Å². The van der Waals surface area contributed by atoms with Crippen LogP contribution in [0.25, 0.3) is 0 Å². The maximum Gasteiger partial charge on any atom is 0.328 e. The zero-order valence-electron chi connectivity index (χ0n) is 14.3. The monoisotopic (exact) mass is 341 g/mol. The van der Waals surface area contributed by atoms with Crippen LogP contribution in [-0.4, -0.2) is 64.3 Å². The van der Waals surface area contributed by atoms with Crippen LogP contribution in [0.4, 0.5) is 4.79 Å². The van der Waals surface area contributed by atoms with Crippen LogP contribution in [0.1, 0.15) is 31.2 Å². The van der Waals surface area contributed by atoms with Gasteiger partial charge in [0, 0.05) is 19.6 Å². The zero-order valence-corrected chi connectivity index (χ0v) is 14.3. The van der Waals surface area contributed by atoms with E-state index in [2.05, 4.69) is 12.1 Å². The van der Waals surface area contributed by atoms with Crippen molar-refractivity contribution in [2.45, 2.75) is 44.2 Å². The van der Waals surface area contributed by atoms with Crippen LogP contribution < -0.4 is 0 Å². The van der Waals surface area contributed by atoms with Crippen molar-refractivity contribution >= 4 is 17.8 Å². The van der Waals surface area contributed by atoms with Crippen LogP contribution in [0, 0.1) is 0 Å². The van der Waals surface area contributed by atoms with Crippen molar-refractivity contribution in [1.82, 2.24) is 14.7 Å². The van der Waals surface area contributed by atoms with E-state index in [0.29, 0.717) is 26.1 Å². The Bertz CT molecular complexity index is 668. The molecule has 1 aromatic rings. The number of hydrogen-bond acceptors (Lipinski definition) is 3. The van der Waals surface area contributed by atoms with Gasteiger partial charge in [-0.1, -0.05) is 30.3 Å². The molecular formula is C19H23N3O3. The molecule has 3 fully saturated rings. The zero-order chi connectivity index (χ0) is 17.4. The Hall–Kier alpha value is -2.37. The molecule has 4 amide bonds. The number of nitrogens with zero attached hydrogens (tertiary/aromatic N) is 3. The number of carbonyl (C=O) groups excluding carboxylic acids is 3. The lowest BCUT2D eigenvalue weighted by Crippen LogP contribution is -2.46. The second-order valence-electron chi connectivity index (χ2n) is 7.06. The molecule has 0 N–H and O–H groups in total. The van der Waals surface area contributed by atoms with E-state index in [9.17, 15) is 14.4 Å². The third-order valence-corrected chi connectivity index (χ3v) is 5.54. The highest BCUT2D eigenvalue weighted by atomic mass is 16.2. The summed E-state index contributed by atoms with van der Waals surface area (Å²) >= 11 is 0. The number of amides is 4. The fraction of sp³-hybridized carbons (Fsp3) is 0.526. The van der Waals surface area contributed by atoms with Crippen molar-refractivity contribution in [3.05, 3.63) is 35.9 Å². The van der Waals surface area contributed by atoms with E-state index in [1.54, 1.807) is 9.80 Å². The molecule has 6 heteroatoms. The van der Waals surface area contributed by atoms with Gasteiger partial charge in [-0.15, -0.1) is 0 Å². The first kappa shape index (κ1) is 16.1. The van der Waals surface area contributed by atoms with Crippen molar-refractivity contribution in [2.75, 3.05) is 19.6 Å². The Balaban J connectivity index is 1.35. The third kappa shape index (κ3) is 2.79. The van der Waals surface area contributed by atoms with Gasteiger partial charge in [0.25, 0.3) is 5.91 Å². The molecule has 1 aromatic carbocycles. The molecule has 0 aromatic heterocycles. The second kappa shape index (κ2) is 6.50. The Morgan fingerprint density at radius 2 is 1.72 bits per heavy atom. The number of benzene rings is 1. The highest BCUT2D eigenvalue weighted by Crippen LogP contribution is 2.31. The summed E-state index contributed by atoms with van der Waals surface area (Å²) < 4.78 is 0. The summed E-state index contributed by atoms with van der Waals surface area (Å²) in [7, 11) is 0. The first-order valence-corrected chi connectivity index (χ1v) is 9.13. The molecule has 4 rings (SSSR count). The second-order valence-corrected chi connectivity index (χ2v) is 7.06.